The summed E-state index contributed by atoms with van der Waals surface area (Å²) >= 11 is 17.1. The first-order valence-electron chi connectivity index (χ1n) is 4.44. The van der Waals surface area contributed by atoms with Crippen molar-refractivity contribution in [2.75, 3.05) is 0 Å². The quantitative estimate of drug-likeness (QED) is 0.737. The average Bonchev–Trinajstić information content (AvgIpc) is 2.72. The Kier molecular flexibility index (Phi) is 3.44. The Morgan fingerprint density at radius 3 is 2.33 bits per heavy atom. The van der Waals surface area contributed by atoms with Gasteiger partial charge >= 0.3 is 6.18 Å². The Morgan fingerprint density at radius 2 is 1.78 bits per heavy atom. The molecule has 0 amide bonds. The highest BCUT2D eigenvalue weighted by Gasteiger charge is 2.33. The van der Waals surface area contributed by atoms with Crippen LogP contribution in [0.5, 0.6) is 0 Å². The number of hydrogen-bond acceptors (Lipinski definition) is 2. The first kappa shape index (κ1) is 13.5. The second kappa shape index (κ2) is 4.60. The molecule has 0 unspecified atom stereocenters. The van der Waals surface area contributed by atoms with Gasteiger partial charge in [0.1, 0.15) is 5.15 Å². The fourth-order valence-corrected chi connectivity index (χ4v) is 1.77. The zero-order valence-electron chi connectivity index (χ0n) is 8.34. The third-order valence-electron chi connectivity index (χ3n) is 1.96. The summed E-state index contributed by atoms with van der Waals surface area (Å²) in [5.41, 5.74) is -1.05. The highest BCUT2D eigenvalue weighted by molar-refractivity contribution is 6.42. The Bertz CT molecular complexity index is 594. The molecule has 2 rings (SSSR count). The van der Waals surface area contributed by atoms with Crippen molar-refractivity contribution in [2.24, 2.45) is 0 Å². The van der Waals surface area contributed by atoms with Crippen LogP contribution in [0.15, 0.2) is 18.3 Å². The van der Waals surface area contributed by atoms with Crippen molar-refractivity contribution < 1.29 is 13.2 Å². The zero-order chi connectivity index (χ0) is 13.5. The highest BCUT2D eigenvalue weighted by Crippen LogP contribution is 2.30. The summed E-state index contributed by atoms with van der Waals surface area (Å²) in [5, 5.41) is 3.41. The minimum absolute atomic E-state index is 0.0263. The minimum atomic E-state index is -4.53. The van der Waals surface area contributed by atoms with Gasteiger partial charge in [0.25, 0.3) is 0 Å². The molecule has 3 nitrogen and oxygen atoms in total. The van der Waals surface area contributed by atoms with Gasteiger partial charge in [-0.05, 0) is 12.1 Å². The molecule has 0 saturated heterocycles. The summed E-state index contributed by atoms with van der Waals surface area (Å²) in [4.78, 5) is 3.77. The zero-order valence-corrected chi connectivity index (χ0v) is 10.6. The summed E-state index contributed by atoms with van der Waals surface area (Å²) < 4.78 is 38.0. The number of hydrogen-bond donors (Lipinski definition) is 0. The van der Waals surface area contributed by atoms with E-state index in [-0.39, 0.29) is 21.0 Å². The van der Waals surface area contributed by atoms with Crippen LogP contribution in [0.1, 0.15) is 5.69 Å². The van der Waals surface area contributed by atoms with Crippen molar-refractivity contribution in [1.29, 1.82) is 0 Å². The normalized spacial score (nSPS) is 11.9. The van der Waals surface area contributed by atoms with Crippen molar-refractivity contribution in [2.45, 2.75) is 6.18 Å². The number of rotatable bonds is 1. The molecule has 2 aromatic rings. The summed E-state index contributed by atoms with van der Waals surface area (Å²) in [5.74, 6) is -0.0263. The van der Waals surface area contributed by atoms with Crippen molar-refractivity contribution in [3.05, 3.63) is 39.2 Å². The molecule has 0 spiro atoms. The second-order valence-corrected chi connectivity index (χ2v) is 4.38. The molecule has 18 heavy (non-hydrogen) atoms. The van der Waals surface area contributed by atoms with Crippen LogP contribution < -0.4 is 0 Å². The molecule has 0 aromatic carbocycles. The highest BCUT2D eigenvalue weighted by atomic mass is 35.5. The molecule has 0 aliphatic rings. The van der Waals surface area contributed by atoms with Gasteiger partial charge in [0.2, 0.25) is 0 Å². The predicted molar refractivity (Wildman–Crippen MR) is 61.4 cm³/mol. The van der Waals surface area contributed by atoms with Gasteiger partial charge in [0.05, 0.1) is 10.0 Å². The Balaban J connectivity index is 2.50. The van der Waals surface area contributed by atoms with E-state index in [1.165, 1.54) is 6.07 Å². The van der Waals surface area contributed by atoms with Crippen molar-refractivity contribution in [3.8, 4) is 5.82 Å². The van der Waals surface area contributed by atoms with E-state index >= 15 is 0 Å². The maximum atomic E-state index is 12.4. The van der Waals surface area contributed by atoms with E-state index in [4.69, 9.17) is 34.8 Å². The smallest absolute Gasteiger partial charge is 0.220 e. The van der Waals surface area contributed by atoms with E-state index in [2.05, 4.69) is 10.1 Å². The fraction of sp³-hybridized carbons (Fsp3) is 0.111. The molecule has 9 heteroatoms. The third kappa shape index (κ3) is 2.55. The number of aromatic nitrogens is 3. The van der Waals surface area contributed by atoms with E-state index in [0.717, 1.165) is 16.9 Å². The maximum Gasteiger partial charge on any atom is 0.435 e. The summed E-state index contributed by atoms with van der Waals surface area (Å²) in [6, 6.07) is 2.09. The first-order chi connectivity index (χ1) is 8.29. The fourth-order valence-electron chi connectivity index (χ4n) is 1.19. The van der Waals surface area contributed by atoms with Crippen LogP contribution in [0.3, 0.4) is 0 Å². The Morgan fingerprint density at radius 1 is 1.11 bits per heavy atom. The SMILES string of the molecule is FC(F)(F)c1ccn(-c2nc(Cl)c(Cl)cc2Cl)n1. The van der Waals surface area contributed by atoms with Gasteiger partial charge in [-0.25, -0.2) is 9.67 Å². The molecule has 2 heterocycles. The lowest BCUT2D eigenvalue weighted by Gasteiger charge is -2.05. The molecule has 0 fully saturated rings. The van der Waals surface area contributed by atoms with Crippen LogP contribution in [-0.4, -0.2) is 14.8 Å². The van der Waals surface area contributed by atoms with Crippen LogP contribution in [-0.2, 0) is 6.18 Å². The largest absolute Gasteiger partial charge is 0.435 e. The predicted octanol–water partition coefficient (Wildman–Crippen LogP) is 4.25. The van der Waals surface area contributed by atoms with Crippen LogP contribution >= 0.6 is 34.8 Å². The molecular formula is C9H3Cl3F3N3. The maximum absolute atomic E-state index is 12.4. The van der Waals surface area contributed by atoms with Gasteiger partial charge in [-0.3, -0.25) is 0 Å². The summed E-state index contributed by atoms with van der Waals surface area (Å²) in [6.45, 7) is 0. The van der Waals surface area contributed by atoms with Gasteiger partial charge < -0.3 is 0 Å². The molecule has 0 radical (unpaired) electrons. The molecule has 0 atom stereocenters. The third-order valence-corrected chi connectivity index (χ3v) is 2.92. The molecule has 0 N–H and O–H groups in total. The van der Waals surface area contributed by atoms with Crippen LogP contribution in [0.2, 0.25) is 15.2 Å². The molecule has 96 valence electrons. The molecule has 0 saturated carbocycles. The monoisotopic (exact) mass is 315 g/mol. The van der Waals surface area contributed by atoms with Gasteiger partial charge in [0.15, 0.2) is 11.5 Å². The lowest BCUT2D eigenvalue weighted by Crippen LogP contribution is -2.08. The van der Waals surface area contributed by atoms with E-state index < -0.39 is 11.9 Å². The number of pyridine rings is 1. The van der Waals surface area contributed by atoms with Crippen LogP contribution in [0.25, 0.3) is 5.82 Å². The summed E-state index contributed by atoms with van der Waals surface area (Å²) in [7, 11) is 0. The van der Waals surface area contributed by atoms with Crippen LogP contribution in [0.4, 0.5) is 13.2 Å². The Labute approximate surface area is 114 Å². The van der Waals surface area contributed by atoms with Crippen molar-refractivity contribution in [1.82, 2.24) is 14.8 Å². The first-order valence-corrected chi connectivity index (χ1v) is 5.57. The number of nitrogens with zero attached hydrogens (tertiary/aromatic N) is 3. The Hall–Kier alpha value is -0.980. The second-order valence-electron chi connectivity index (χ2n) is 3.21. The molecule has 0 aliphatic carbocycles. The van der Waals surface area contributed by atoms with E-state index in [1.54, 1.807) is 0 Å². The molecule has 2 aromatic heterocycles. The van der Waals surface area contributed by atoms with Gasteiger partial charge in [0, 0.05) is 6.20 Å². The van der Waals surface area contributed by atoms with Crippen LogP contribution in [0, 0.1) is 0 Å². The minimum Gasteiger partial charge on any atom is -0.220 e. The van der Waals surface area contributed by atoms with Gasteiger partial charge in [-0.15, -0.1) is 0 Å². The van der Waals surface area contributed by atoms with Crippen molar-refractivity contribution in [3.63, 3.8) is 0 Å². The van der Waals surface area contributed by atoms with E-state index in [9.17, 15) is 13.2 Å². The molecule has 0 aliphatic heterocycles. The van der Waals surface area contributed by atoms with E-state index in [0.29, 0.717) is 0 Å². The number of halogens is 6. The van der Waals surface area contributed by atoms with Gasteiger partial charge in [-0.2, -0.15) is 18.3 Å². The molecule has 0 bridgehead atoms. The lowest BCUT2D eigenvalue weighted by molar-refractivity contribution is -0.141. The van der Waals surface area contributed by atoms with Crippen molar-refractivity contribution >= 4 is 34.8 Å². The summed E-state index contributed by atoms with van der Waals surface area (Å²) in [6.07, 6.45) is -3.45. The average molecular weight is 316 g/mol. The van der Waals surface area contributed by atoms with E-state index in [1.807, 2.05) is 0 Å². The van der Waals surface area contributed by atoms with Gasteiger partial charge in [-0.1, -0.05) is 34.8 Å². The lowest BCUT2D eigenvalue weighted by atomic mass is 10.4. The standard InChI is InChI=1S/C9H3Cl3F3N3/c10-4-3-5(11)8(16-7(4)12)18-2-1-6(17-18)9(13,14)15/h1-3H. The molecular weight excluding hydrogens is 313 g/mol. The topological polar surface area (TPSA) is 30.7 Å². The number of alkyl halides is 3.